The predicted octanol–water partition coefficient (Wildman–Crippen LogP) is 3.97. The van der Waals surface area contributed by atoms with Gasteiger partial charge in [-0.1, -0.05) is 16.8 Å². The van der Waals surface area contributed by atoms with Gasteiger partial charge < -0.3 is 9.84 Å². The van der Waals surface area contributed by atoms with Gasteiger partial charge in [0.1, 0.15) is 11.9 Å². The smallest absolute Gasteiger partial charge is 0.227 e. The third-order valence-corrected chi connectivity index (χ3v) is 3.82. The first-order valence-corrected chi connectivity index (χ1v) is 8.01. The predicted molar refractivity (Wildman–Crippen MR) is 92.8 cm³/mol. The van der Waals surface area contributed by atoms with Crippen LogP contribution in [0.25, 0.3) is 11.4 Å². The van der Waals surface area contributed by atoms with Gasteiger partial charge in [0.2, 0.25) is 17.6 Å². The monoisotopic (exact) mass is 370 g/mol. The highest BCUT2D eigenvalue weighted by atomic mass is 35.5. The Morgan fingerprint density at radius 1 is 1.27 bits per heavy atom. The van der Waals surface area contributed by atoms with Crippen LogP contribution in [0.3, 0.4) is 0 Å². The highest BCUT2D eigenvalue weighted by molar-refractivity contribution is 6.32. The van der Waals surface area contributed by atoms with Crippen LogP contribution in [0, 0.1) is 17.1 Å². The van der Waals surface area contributed by atoms with Gasteiger partial charge in [-0.05, 0) is 42.5 Å². The molecule has 0 saturated heterocycles. The number of aromatic nitrogens is 2. The quantitative estimate of drug-likeness (QED) is 0.733. The van der Waals surface area contributed by atoms with Gasteiger partial charge in [-0.25, -0.2) is 4.39 Å². The summed E-state index contributed by atoms with van der Waals surface area (Å²) in [6, 6.07) is 12.3. The molecule has 0 aliphatic carbocycles. The second kappa shape index (κ2) is 7.76. The van der Waals surface area contributed by atoms with Crippen LogP contribution < -0.4 is 5.32 Å². The minimum absolute atomic E-state index is 0.128. The van der Waals surface area contributed by atoms with Gasteiger partial charge in [-0.2, -0.15) is 10.2 Å². The second-order valence-electron chi connectivity index (χ2n) is 5.37. The van der Waals surface area contributed by atoms with E-state index in [1.807, 2.05) is 6.07 Å². The van der Waals surface area contributed by atoms with Crippen molar-refractivity contribution in [2.24, 2.45) is 0 Å². The summed E-state index contributed by atoms with van der Waals surface area (Å²) in [6.07, 6.45) is 0.382. The fourth-order valence-corrected chi connectivity index (χ4v) is 2.42. The van der Waals surface area contributed by atoms with Gasteiger partial charge in [0.25, 0.3) is 0 Å². The van der Waals surface area contributed by atoms with E-state index in [1.54, 1.807) is 18.2 Å². The van der Waals surface area contributed by atoms with Crippen LogP contribution >= 0.6 is 11.6 Å². The van der Waals surface area contributed by atoms with E-state index < -0.39 is 0 Å². The summed E-state index contributed by atoms with van der Waals surface area (Å²) < 4.78 is 18.0. The molecule has 0 spiro atoms. The zero-order valence-electron chi connectivity index (χ0n) is 13.4. The van der Waals surface area contributed by atoms with Gasteiger partial charge in [0.15, 0.2) is 0 Å². The number of nitriles is 1. The third-order valence-electron chi connectivity index (χ3n) is 3.51. The fraction of sp³-hybridized carbons (Fsp3) is 0.111. The summed E-state index contributed by atoms with van der Waals surface area (Å²) in [4.78, 5) is 16.2. The number of carbonyl (C=O) groups is 1. The molecule has 1 aromatic heterocycles. The Hall–Kier alpha value is -3.24. The van der Waals surface area contributed by atoms with Gasteiger partial charge in [0, 0.05) is 24.1 Å². The van der Waals surface area contributed by atoms with Crippen LogP contribution in [0.15, 0.2) is 47.0 Å². The largest absolute Gasteiger partial charge is 0.339 e. The molecule has 1 heterocycles. The van der Waals surface area contributed by atoms with Crippen molar-refractivity contribution in [2.75, 3.05) is 5.32 Å². The molecule has 1 N–H and O–H groups in total. The lowest BCUT2D eigenvalue weighted by atomic mass is 10.2. The van der Waals surface area contributed by atoms with E-state index in [2.05, 4.69) is 15.5 Å². The molecular formula is C18H12ClFN4O2. The standard InChI is InChI=1S/C18H12ClFN4O2/c19-15-9-14(6-3-12(15)10-21)22-16(25)7-8-17-23-18(24-26-17)11-1-4-13(20)5-2-11/h1-6,9H,7-8H2,(H,22,25). The minimum Gasteiger partial charge on any atom is -0.339 e. The van der Waals surface area contributed by atoms with E-state index in [-0.39, 0.29) is 29.6 Å². The van der Waals surface area contributed by atoms with Gasteiger partial charge >= 0.3 is 0 Å². The topological polar surface area (TPSA) is 91.8 Å². The molecule has 0 saturated carbocycles. The lowest BCUT2D eigenvalue weighted by molar-refractivity contribution is -0.116. The molecule has 26 heavy (non-hydrogen) atoms. The first kappa shape index (κ1) is 17.6. The Labute approximate surface area is 153 Å². The number of rotatable bonds is 5. The van der Waals surface area contributed by atoms with Crippen molar-refractivity contribution < 1.29 is 13.7 Å². The zero-order chi connectivity index (χ0) is 18.5. The minimum atomic E-state index is -0.350. The first-order valence-electron chi connectivity index (χ1n) is 7.63. The lowest BCUT2D eigenvalue weighted by Gasteiger charge is -2.05. The maximum absolute atomic E-state index is 12.9. The van der Waals surface area contributed by atoms with E-state index in [0.29, 0.717) is 28.5 Å². The molecule has 3 aromatic rings. The van der Waals surface area contributed by atoms with Crippen molar-refractivity contribution >= 4 is 23.2 Å². The van der Waals surface area contributed by atoms with Crippen LogP contribution in [0.2, 0.25) is 5.02 Å². The molecule has 0 aliphatic rings. The van der Waals surface area contributed by atoms with Crippen LogP contribution in [0.1, 0.15) is 17.9 Å². The Balaban J connectivity index is 1.57. The summed E-state index contributed by atoms with van der Waals surface area (Å²) in [5.74, 6) is 0.0287. The van der Waals surface area contributed by atoms with Crippen molar-refractivity contribution in [3.63, 3.8) is 0 Å². The third kappa shape index (κ3) is 4.23. The van der Waals surface area contributed by atoms with Gasteiger partial charge in [-0.15, -0.1) is 0 Å². The van der Waals surface area contributed by atoms with Crippen LogP contribution in [0.5, 0.6) is 0 Å². The van der Waals surface area contributed by atoms with Crippen molar-refractivity contribution in [1.29, 1.82) is 5.26 Å². The second-order valence-corrected chi connectivity index (χ2v) is 5.78. The highest BCUT2D eigenvalue weighted by Gasteiger charge is 2.11. The summed E-state index contributed by atoms with van der Waals surface area (Å²) in [5.41, 5.74) is 1.46. The summed E-state index contributed by atoms with van der Waals surface area (Å²) in [5, 5.41) is 15.6. The van der Waals surface area contributed by atoms with Crippen molar-refractivity contribution in [3.05, 3.63) is 64.8 Å². The molecule has 1 amide bonds. The van der Waals surface area contributed by atoms with Crippen LogP contribution in [0.4, 0.5) is 10.1 Å². The number of nitrogens with zero attached hydrogens (tertiary/aromatic N) is 3. The Kier molecular flexibility index (Phi) is 5.25. The number of anilines is 1. The molecule has 8 heteroatoms. The SMILES string of the molecule is N#Cc1ccc(NC(=O)CCc2nc(-c3ccc(F)cc3)no2)cc1Cl. The van der Waals surface area contributed by atoms with E-state index in [4.69, 9.17) is 21.4 Å². The van der Waals surface area contributed by atoms with Crippen molar-refractivity contribution in [1.82, 2.24) is 10.1 Å². The first-order chi connectivity index (χ1) is 12.5. The van der Waals surface area contributed by atoms with E-state index in [1.165, 1.54) is 24.3 Å². The normalized spacial score (nSPS) is 10.3. The van der Waals surface area contributed by atoms with Gasteiger partial charge in [0.05, 0.1) is 10.6 Å². The average Bonchev–Trinajstić information content (AvgIpc) is 3.10. The number of halogens is 2. The number of amides is 1. The molecule has 0 atom stereocenters. The zero-order valence-corrected chi connectivity index (χ0v) is 14.1. The Morgan fingerprint density at radius 3 is 2.73 bits per heavy atom. The maximum Gasteiger partial charge on any atom is 0.227 e. The molecule has 0 radical (unpaired) electrons. The van der Waals surface area contributed by atoms with Gasteiger partial charge in [-0.3, -0.25) is 4.79 Å². The van der Waals surface area contributed by atoms with E-state index in [0.717, 1.165) is 0 Å². The molecule has 0 fully saturated rings. The molecule has 2 aromatic carbocycles. The highest BCUT2D eigenvalue weighted by Crippen LogP contribution is 2.21. The number of hydrogen-bond donors (Lipinski definition) is 1. The summed E-state index contributed by atoms with van der Waals surface area (Å²) in [6.45, 7) is 0. The maximum atomic E-state index is 12.9. The summed E-state index contributed by atoms with van der Waals surface area (Å²) >= 11 is 5.93. The number of hydrogen-bond acceptors (Lipinski definition) is 5. The van der Waals surface area contributed by atoms with E-state index >= 15 is 0 Å². The number of aryl methyl sites for hydroxylation is 1. The lowest BCUT2D eigenvalue weighted by Crippen LogP contribution is -2.12. The Morgan fingerprint density at radius 2 is 2.04 bits per heavy atom. The average molecular weight is 371 g/mol. The molecular weight excluding hydrogens is 359 g/mol. The molecule has 6 nitrogen and oxygen atoms in total. The fourth-order valence-electron chi connectivity index (χ4n) is 2.20. The number of carbonyl (C=O) groups excluding carboxylic acids is 1. The van der Waals surface area contributed by atoms with Crippen molar-refractivity contribution in [3.8, 4) is 17.5 Å². The van der Waals surface area contributed by atoms with E-state index in [9.17, 15) is 9.18 Å². The Bertz CT molecular complexity index is 980. The molecule has 130 valence electrons. The van der Waals surface area contributed by atoms with Crippen LogP contribution in [-0.4, -0.2) is 16.0 Å². The molecule has 3 rings (SSSR count). The van der Waals surface area contributed by atoms with Crippen LogP contribution in [-0.2, 0) is 11.2 Å². The summed E-state index contributed by atoms with van der Waals surface area (Å²) in [7, 11) is 0. The van der Waals surface area contributed by atoms with Crippen molar-refractivity contribution in [2.45, 2.75) is 12.8 Å². The molecule has 0 unspecified atom stereocenters. The molecule has 0 bridgehead atoms. The number of nitrogens with one attached hydrogen (secondary N) is 1. The number of benzene rings is 2. The molecule has 0 aliphatic heterocycles.